The van der Waals surface area contributed by atoms with Crippen LogP contribution in [0, 0.1) is 12.8 Å². The van der Waals surface area contributed by atoms with E-state index in [1.165, 1.54) is 0 Å². The summed E-state index contributed by atoms with van der Waals surface area (Å²) in [7, 11) is 0. The Morgan fingerprint density at radius 2 is 2.00 bits per heavy atom. The van der Waals surface area contributed by atoms with Crippen molar-refractivity contribution in [2.24, 2.45) is 5.92 Å². The van der Waals surface area contributed by atoms with Crippen LogP contribution >= 0.6 is 0 Å². The Balaban J connectivity index is 2.35. The van der Waals surface area contributed by atoms with Crippen LogP contribution in [0.3, 0.4) is 0 Å². The van der Waals surface area contributed by atoms with Gasteiger partial charge < -0.3 is 15.6 Å². The van der Waals surface area contributed by atoms with Crippen LogP contribution in [0.1, 0.15) is 22.3 Å². The van der Waals surface area contributed by atoms with Crippen LogP contribution in [0.4, 0.5) is 0 Å². The van der Waals surface area contributed by atoms with E-state index in [4.69, 9.17) is 10.3 Å². The molecule has 1 unspecified atom stereocenters. The van der Waals surface area contributed by atoms with Crippen LogP contribution in [-0.4, -0.2) is 35.9 Å². The average Bonchev–Trinajstić information content (AvgIpc) is 2.38. The van der Waals surface area contributed by atoms with E-state index in [0.717, 1.165) is 5.56 Å². The Kier molecular flexibility index (Phi) is 6.35. The van der Waals surface area contributed by atoms with Crippen LogP contribution in [0.5, 0.6) is 0 Å². The van der Waals surface area contributed by atoms with Crippen molar-refractivity contribution in [1.29, 1.82) is 0 Å². The van der Waals surface area contributed by atoms with Crippen LogP contribution in [0.2, 0.25) is 0 Å². The average molecular weight is 252 g/mol. The number of rotatable bonds is 7. The number of hydroxylamine groups is 1. The van der Waals surface area contributed by atoms with E-state index in [1.807, 2.05) is 24.5 Å². The smallest absolute Gasteiger partial charge is 0.251 e. The first-order valence-electron chi connectivity index (χ1n) is 6.00. The highest BCUT2D eigenvalue weighted by Gasteiger charge is 2.08. The summed E-state index contributed by atoms with van der Waals surface area (Å²) in [6.07, 6.45) is 0.613. The fourth-order valence-electron chi connectivity index (χ4n) is 1.58. The number of aliphatic hydroxyl groups excluding tert-OH is 1. The van der Waals surface area contributed by atoms with E-state index in [2.05, 4.69) is 5.32 Å². The molecule has 0 saturated heterocycles. The molecule has 0 heterocycles. The number of aryl methyl sites for hydroxylation is 1. The highest BCUT2D eigenvalue weighted by atomic mass is 16.5. The van der Waals surface area contributed by atoms with Crippen LogP contribution in [-0.2, 0) is 0 Å². The minimum absolute atomic E-state index is 0.0199. The Hall–Kier alpha value is -1.43. The summed E-state index contributed by atoms with van der Waals surface area (Å²) in [4.78, 5) is 11.7. The molecule has 100 valence electrons. The molecule has 5 nitrogen and oxygen atoms in total. The van der Waals surface area contributed by atoms with Gasteiger partial charge in [-0.25, -0.2) is 5.48 Å². The van der Waals surface area contributed by atoms with Crippen LogP contribution in [0.15, 0.2) is 24.3 Å². The Morgan fingerprint density at radius 3 is 2.56 bits per heavy atom. The summed E-state index contributed by atoms with van der Waals surface area (Å²) in [5.41, 5.74) is 3.76. The molecule has 0 bridgehead atoms. The maximum absolute atomic E-state index is 11.7. The van der Waals surface area contributed by atoms with Crippen molar-refractivity contribution in [2.75, 3.05) is 19.7 Å². The number of hydrogen-bond acceptors (Lipinski definition) is 4. The molecule has 0 aromatic heterocycles. The number of hydrogen-bond donors (Lipinski definition) is 4. The first-order chi connectivity index (χ1) is 8.67. The van der Waals surface area contributed by atoms with Gasteiger partial charge in [-0.2, -0.15) is 0 Å². The molecule has 1 amide bonds. The third kappa shape index (κ3) is 4.83. The molecule has 1 rings (SSSR count). The second-order valence-corrected chi connectivity index (χ2v) is 4.32. The molecule has 0 saturated carbocycles. The zero-order chi connectivity index (χ0) is 13.4. The molecule has 1 aromatic rings. The minimum Gasteiger partial charge on any atom is -0.396 e. The van der Waals surface area contributed by atoms with Gasteiger partial charge in [-0.15, -0.1) is 0 Å². The first kappa shape index (κ1) is 14.6. The van der Waals surface area contributed by atoms with Gasteiger partial charge in [0, 0.05) is 25.3 Å². The van der Waals surface area contributed by atoms with Gasteiger partial charge in [-0.3, -0.25) is 4.79 Å². The largest absolute Gasteiger partial charge is 0.396 e. The lowest BCUT2D eigenvalue weighted by Gasteiger charge is -2.13. The molecule has 0 aliphatic rings. The van der Waals surface area contributed by atoms with E-state index >= 15 is 0 Å². The maximum atomic E-state index is 11.7. The SMILES string of the molecule is Cc1ccc(C(=O)NCCC(CO)CNO)cc1. The topological polar surface area (TPSA) is 81.6 Å². The summed E-state index contributed by atoms with van der Waals surface area (Å²) >= 11 is 0. The number of aliphatic hydroxyl groups is 1. The van der Waals surface area contributed by atoms with Gasteiger partial charge in [-0.05, 0) is 31.4 Å². The van der Waals surface area contributed by atoms with Gasteiger partial charge in [0.15, 0.2) is 0 Å². The minimum atomic E-state index is -0.122. The maximum Gasteiger partial charge on any atom is 0.251 e. The predicted octanol–water partition coefficient (Wildman–Crippen LogP) is 0.702. The fraction of sp³-hybridized carbons (Fsp3) is 0.462. The highest BCUT2D eigenvalue weighted by molar-refractivity contribution is 5.94. The lowest BCUT2D eigenvalue weighted by atomic mass is 10.1. The number of carbonyl (C=O) groups excluding carboxylic acids is 1. The summed E-state index contributed by atoms with van der Waals surface area (Å²) < 4.78 is 0. The molecule has 0 aliphatic carbocycles. The molecular formula is C13H20N2O3. The normalized spacial score (nSPS) is 12.2. The van der Waals surface area contributed by atoms with Gasteiger partial charge in [-0.1, -0.05) is 17.7 Å². The van der Waals surface area contributed by atoms with Gasteiger partial charge in [0.25, 0.3) is 5.91 Å². The molecule has 0 fully saturated rings. The zero-order valence-corrected chi connectivity index (χ0v) is 10.5. The Labute approximate surface area is 107 Å². The van der Waals surface area contributed by atoms with E-state index in [9.17, 15) is 4.79 Å². The molecule has 1 atom stereocenters. The molecule has 18 heavy (non-hydrogen) atoms. The van der Waals surface area contributed by atoms with E-state index in [-0.39, 0.29) is 18.4 Å². The number of benzene rings is 1. The summed E-state index contributed by atoms with van der Waals surface area (Å²) in [6.45, 7) is 2.74. The fourth-order valence-corrected chi connectivity index (χ4v) is 1.58. The number of carbonyl (C=O) groups is 1. The summed E-state index contributed by atoms with van der Waals surface area (Å²) in [5, 5.41) is 20.3. The molecule has 0 aliphatic heterocycles. The van der Waals surface area contributed by atoms with E-state index < -0.39 is 0 Å². The Bertz CT molecular complexity index is 365. The van der Waals surface area contributed by atoms with Crippen molar-refractivity contribution in [1.82, 2.24) is 10.8 Å². The van der Waals surface area contributed by atoms with Crippen molar-refractivity contribution in [3.63, 3.8) is 0 Å². The number of nitrogens with one attached hydrogen (secondary N) is 2. The summed E-state index contributed by atoms with van der Waals surface area (Å²) in [5.74, 6) is -0.183. The molecule has 0 spiro atoms. The van der Waals surface area contributed by atoms with Crippen LogP contribution in [0.25, 0.3) is 0 Å². The lowest BCUT2D eigenvalue weighted by Crippen LogP contribution is -2.29. The molecule has 4 N–H and O–H groups in total. The molecule has 5 heteroatoms. The van der Waals surface area contributed by atoms with Crippen molar-refractivity contribution >= 4 is 5.91 Å². The first-order valence-corrected chi connectivity index (χ1v) is 6.00. The third-order valence-corrected chi connectivity index (χ3v) is 2.79. The predicted molar refractivity (Wildman–Crippen MR) is 68.5 cm³/mol. The van der Waals surface area contributed by atoms with E-state index in [1.54, 1.807) is 12.1 Å². The lowest BCUT2D eigenvalue weighted by molar-refractivity contribution is 0.0941. The van der Waals surface area contributed by atoms with Crippen molar-refractivity contribution in [2.45, 2.75) is 13.3 Å². The molecule has 0 radical (unpaired) electrons. The van der Waals surface area contributed by atoms with Gasteiger partial charge >= 0.3 is 0 Å². The van der Waals surface area contributed by atoms with Gasteiger partial charge in [0.1, 0.15) is 0 Å². The molecular weight excluding hydrogens is 232 g/mol. The Morgan fingerprint density at radius 1 is 1.33 bits per heavy atom. The summed E-state index contributed by atoms with van der Waals surface area (Å²) in [6, 6.07) is 7.34. The van der Waals surface area contributed by atoms with Crippen molar-refractivity contribution < 1.29 is 15.1 Å². The standard InChI is InChI=1S/C13H20N2O3/c1-10-2-4-12(5-3-10)13(17)14-7-6-11(9-16)8-15-18/h2-5,11,15-16,18H,6-9H2,1H3,(H,14,17). The number of amides is 1. The second kappa shape index (κ2) is 7.81. The zero-order valence-electron chi connectivity index (χ0n) is 10.5. The third-order valence-electron chi connectivity index (χ3n) is 2.79. The van der Waals surface area contributed by atoms with Crippen LogP contribution < -0.4 is 10.8 Å². The highest BCUT2D eigenvalue weighted by Crippen LogP contribution is 2.03. The van der Waals surface area contributed by atoms with E-state index in [0.29, 0.717) is 25.1 Å². The monoisotopic (exact) mass is 252 g/mol. The van der Waals surface area contributed by atoms with Crippen molar-refractivity contribution in [3.05, 3.63) is 35.4 Å². The van der Waals surface area contributed by atoms with Gasteiger partial charge in [0.05, 0.1) is 0 Å². The second-order valence-electron chi connectivity index (χ2n) is 4.32. The van der Waals surface area contributed by atoms with Crippen molar-refractivity contribution in [3.8, 4) is 0 Å². The van der Waals surface area contributed by atoms with Gasteiger partial charge in [0.2, 0.25) is 0 Å². The molecule has 1 aromatic carbocycles. The quantitative estimate of drug-likeness (QED) is 0.539.